The molecule has 0 aliphatic heterocycles. The molecule has 0 saturated heterocycles. The zero-order valence-electron chi connectivity index (χ0n) is 14.5. The lowest BCUT2D eigenvalue weighted by Gasteiger charge is -2.15. The van der Waals surface area contributed by atoms with Crippen LogP contribution in [0.1, 0.15) is 27.6 Å². The number of pyridine rings is 1. The van der Waals surface area contributed by atoms with Crippen LogP contribution >= 0.6 is 15.9 Å². The fourth-order valence-electron chi connectivity index (χ4n) is 1.96. The molecule has 27 heavy (non-hydrogen) atoms. The van der Waals surface area contributed by atoms with E-state index < -0.39 is 33.7 Å². The summed E-state index contributed by atoms with van der Waals surface area (Å²) in [5.41, 5.74) is 0.329. The Hall–Kier alpha value is -2.30. The first-order chi connectivity index (χ1) is 12.7. The van der Waals surface area contributed by atoms with Crippen molar-refractivity contribution < 1.29 is 32.0 Å². The Balaban J connectivity index is 0.000000511. The number of nitrogens with zero attached hydrogens (tertiary/aromatic N) is 1. The molecule has 1 aromatic heterocycles. The van der Waals surface area contributed by atoms with E-state index in [0.29, 0.717) is 0 Å². The number of rotatable bonds is 5. The maximum Gasteiger partial charge on any atom is 0.337 e. The summed E-state index contributed by atoms with van der Waals surface area (Å²) in [6, 6.07) is 9.71. The van der Waals surface area contributed by atoms with E-state index >= 15 is 0 Å². The standard InChI is InChI=1S/C12H13BrO7S.C5H5N/c1-19-11(14)6-10(21(16,17)18)8-4-3-7(5-9(8)13)12(15)20-2;1-2-4-6-5-3-1/h3-5,10H,6H2,1-2H3,(H,16,17,18);1-5H. The SMILES string of the molecule is COC(=O)CC(c1ccc(C(=O)OC)cc1Br)S(=O)(=O)O.c1ccncc1. The van der Waals surface area contributed by atoms with Crippen LogP contribution in [0.2, 0.25) is 0 Å². The van der Waals surface area contributed by atoms with Crippen LogP contribution in [-0.4, -0.2) is 44.1 Å². The molecule has 1 unspecified atom stereocenters. The van der Waals surface area contributed by atoms with E-state index in [1.807, 2.05) is 18.2 Å². The Morgan fingerprint density at radius 1 is 1.15 bits per heavy atom. The van der Waals surface area contributed by atoms with Gasteiger partial charge in [-0.15, -0.1) is 0 Å². The number of carbonyl (C=O) groups excluding carboxylic acids is 2. The first-order valence-electron chi connectivity index (χ1n) is 7.46. The van der Waals surface area contributed by atoms with Crippen LogP contribution < -0.4 is 0 Å². The molecule has 0 aliphatic carbocycles. The van der Waals surface area contributed by atoms with Crippen LogP contribution in [-0.2, 0) is 24.4 Å². The van der Waals surface area contributed by atoms with Crippen LogP contribution in [0.15, 0.2) is 53.3 Å². The summed E-state index contributed by atoms with van der Waals surface area (Å²) in [6.45, 7) is 0. The molecule has 1 N–H and O–H groups in total. The molecular formula is C17H18BrNO7S. The second kappa shape index (κ2) is 10.8. The number of ether oxygens (including phenoxy) is 2. The lowest BCUT2D eigenvalue weighted by atomic mass is 10.1. The van der Waals surface area contributed by atoms with Gasteiger partial charge in [-0.05, 0) is 29.8 Å². The van der Waals surface area contributed by atoms with Gasteiger partial charge in [0, 0.05) is 16.9 Å². The summed E-state index contributed by atoms with van der Waals surface area (Å²) < 4.78 is 41.4. The van der Waals surface area contributed by atoms with Crippen LogP contribution in [0.5, 0.6) is 0 Å². The zero-order valence-corrected chi connectivity index (χ0v) is 16.9. The highest BCUT2D eigenvalue weighted by Crippen LogP contribution is 2.32. The number of carbonyl (C=O) groups is 2. The molecule has 146 valence electrons. The average Bonchev–Trinajstić information content (AvgIpc) is 2.66. The van der Waals surface area contributed by atoms with Crippen molar-refractivity contribution in [3.05, 3.63) is 64.4 Å². The molecule has 8 nitrogen and oxygen atoms in total. The minimum atomic E-state index is -4.53. The summed E-state index contributed by atoms with van der Waals surface area (Å²) in [4.78, 5) is 26.5. The van der Waals surface area contributed by atoms with Crippen LogP contribution in [0, 0.1) is 0 Å². The predicted molar refractivity (Wildman–Crippen MR) is 101 cm³/mol. The summed E-state index contributed by atoms with van der Waals surface area (Å²) in [5, 5.41) is -1.49. The minimum absolute atomic E-state index is 0.135. The second-order valence-corrected chi connectivity index (χ2v) is 7.49. The highest BCUT2D eigenvalue weighted by molar-refractivity contribution is 9.10. The molecule has 10 heteroatoms. The highest BCUT2D eigenvalue weighted by Gasteiger charge is 2.30. The van der Waals surface area contributed by atoms with E-state index in [0.717, 1.165) is 7.11 Å². The van der Waals surface area contributed by atoms with Crippen molar-refractivity contribution in [2.75, 3.05) is 14.2 Å². The molecule has 0 amide bonds. The Morgan fingerprint density at radius 3 is 2.15 bits per heavy atom. The van der Waals surface area contributed by atoms with Crippen LogP contribution in [0.3, 0.4) is 0 Å². The van der Waals surface area contributed by atoms with E-state index in [1.54, 1.807) is 12.4 Å². The number of aromatic nitrogens is 1. The molecule has 0 aliphatic rings. The normalized spacial score (nSPS) is 11.6. The van der Waals surface area contributed by atoms with Crippen molar-refractivity contribution in [3.8, 4) is 0 Å². The van der Waals surface area contributed by atoms with Gasteiger partial charge in [-0.3, -0.25) is 14.3 Å². The van der Waals surface area contributed by atoms with E-state index in [1.165, 1.54) is 25.3 Å². The van der Waals surface area contributed by atoms with Gasteiger partial charge in [0.2, 0.25) is 0 Å². The lowest BCUT2D eigenvalue weighted by molar-refractivity contribution is -0.140. The maximum absolute atomic E-state index is 11.4. The Labute approximate surface area is 165 Å². The van der Waals surface area contributed by atoms with Gasteiger partial charge >= 0.3 is 11.9 Å². The molecule has 2 aromatic rings. The number of esters is 2. The molecular weight excluding hydrogens is 442 g/mol. The largest absolute Gasteiger partial charge is 0.469 e. The van der Waals surface area contributed by atoms with E-state index in [4.69, 9.17) is 0 Å². The monoisotopic (exact) mass is 459 g/mol. The Bertz CT molecular complexity index is 845. The summed E-state index contributed by atoms with van der Waals surface area (Å²) in [7, 11) is -2.21. The zero-order chi connectivity index (χ0) is 20.4. The number of halogens is 1. The van der Waals surface area contributed by atoms with Crippen molar-refractivity contribution >= 4 is 38.0 Å². The van der Waals surface area contributed by atoms with Gasteiger partial charge in [-0.25, -0.2) is 4.79 Å². The van der Waals surface area contributed by atoms with Crippen LogP contribution in [0.4, 0.5) is 0 Å². The van der Waals surface area contributed by atoms with Gasteiger partial charge in [0.1, 0.15) is 5.25 Å². The summed E-state index contributed by atoms with van der Waals surface area (Å²) in [5.74, 6) is -1.39. The number of benzene rings is 1. The second-order valence-electron chi connectivity index (χ2n) is 5.04. The van der Waals surface area contributed by atoms with Crippen LogP contribution in [0.25, 0.3) is 0 Å². The summed E-state index contributed by atoms with van der Waals surface area (Å²) >= 11 is 3.11. The smallest absolute Gasteiger partial charge is 0.337 e. The third-order valence-electron chi connectivity index (χ3n) is 3.27. The first-order valence-corrected chi connectivity index (χ1v) is 9.76. The van der Waals surface area contributed by atoms with E-state index in [2.05, 4.69) is 30.4 Å². The Kier molecular flexibility index (Phi) is 9.06. The molecule has 0 radical (unpaired) electrons. The molecule has 1 aromatic carbocycles. The first kappa shape index (κ1) is 22.7. The van der Waals surface area contributed by atoms with Gasteiger partial charge in [0.25, 0.3) is 10.1 Å². The fourth-order valence-corrected chi connectivity index (χ4v) is 3.64. The number of hydrogen-bond donors (Lipinski definition) is 1. The molecule has 1 heterocycles. The predicted octanol–water partition coefficient (Wildman–Crippen LogP) is 2.81. The summed E-state index contributed by atoms with van der Waals surface area (Å²) in [6.07, 6.45) is 2.95. The molecule has 2 rings (SSSR count). The van der Waals surface area contributed by atoms with Gasteiger partial charge < -0.3 is 9.47 Å². The molecule has 1 atom stereocenters. The minimum Gasteiger partial charge on any atom is -0.469 e. The van der Waals surface area contributed by atoms with E-state index in [9.17, 15) is 22.6 Å². The van der Waals surface area contributed by atoms with Crippen molar-refractivity contribution in [1.29, 1.82) is 0 Å². The van der Waals surface area contributed by atoms with Gasteiger partial charge in [0.05, 0.1) is 26.2 Å². The third-order valence-corrected chi connectivity index (χ3v) is 5.10. The van der Waals surface area contributed by atoms with Gasteiger partial charge in [0.15, 0.2) is 0 Å². The maximum atomic E-state index is 11.4. The third kappa shape index (κ3) is 7.45. The lowest BCUT2D eigenvalue weighted by Crippen LogP contribution is -2.18. The Morgan fingerprint density at radius 2 is 1.78 bits per heavy atom. The van der Waals surface area contributed by atoms with E-state index in [-0.39, 0.29) is 15.6 Å². The van der Waals surface area contributed by atoms with Crippen molar-refractivity contribution in [1.82, 2.24) is 4.98 Å². The molecule has 0 bridgehead atoms. The molecule has 0 saturated carbocycles. The van der Waals surface area contributed by atoms with Gasteiger partial charge in [-0.2, -0.15) is 8.42 Å². The molecule has 0 fully saturated rings. The number of methoxy groups -OCH3 is 2. The molecule has 0 spiro atoms. The van der Waals surface area contributed by atoms with Crippen molar-refractivity contribution in [3.63, 3.8) is 0 Å². The fraction of sp³-hybridized carbons (Fsp3) is 0.235. The number of hydrogen-bond acceptors (Lipinski definition) is 7. The van der Waals surface area contributed by atoms with Crippen molar-refractivity contribution in [2.45, 2.75) is 11.7 Å². The van der Waals surface area contributed by atoms with Crippen molar-refractivity contribution in [2.24, 2.45) is 0 Å². The average molecular weight is 460 g/mol. The topological polar surface area (TPSA) is 120 Å². The quantitative estimate of drug-likeness (QED) is 0.535. The highest BCUT2D eigenvalue weighted by atomic mass is 79.9. The van der Waals surface area contributed by atoms with Gasteiger partial charge in [-0.1, -0.05) is 28.1 Å².